The van der Waals surface area contributed by atoms with Gasteiger partial charge >= 0.3 is 0 Å². The average molecular weight is 163 g/mol. The summed E-state index contributed by atoms with van der Waals surface area (Å²) in [6.45, 7) is 0.631. The van der Waals surface area contributed by atoms with Gasteiger partial charge in [-0.1, -0.05) is 0 Å². The first-order valence-corrected chi connectivity index (χ1v) is 2.87. The van der Waals surface area contributed by atoms with Crippen LogP contribution in [0.1, 0.15) is 5.82 Å². The van der Waals surface area contributed by atoms with E-state index < -0.39 is 0 Å². The summed E-state index contributed by atoms with van der Waals surface area (Å²) < 4.78 is 1.73. The van der Waals surface area contributed by atoms with Crippen LogP contribution >= 0.6 is 12.4 Å². The number of nitrogens with two attached hydrogens (primary N) is 1. The lowest BCUT2D eigenvalue weighted by Crippen LogP contribution is -2.08. The Morgan fingerprint density at radius 3 is 2.80 bits per heavy atom. The minimum absolute atomic E-state index is 0. The van der Waals surface area contributed by atoms with Gasteiger partial charge in [0.25, 0.3) is 0 Å². The monoisotopic (exact) mass is 162 g/mol. The smallest absolute Gasteiger partial charge is 0.138 e. The summed E-state index contributed by atoms with van der Waals surface area (Å²) in [7, 11) is 1.86. The van der Waals surface area contributed by atoms with E-state index in [9.17, 15) is 0 Å². The third-order valence-corrected chi connectivity index (χ3v) is 1.17. The van der Waals surface area contributed by atoms with Crippen LogP contribution in [0.4, 0.5) is 0 Å². The molecule has 5 heteroatoms. The predicted molar refractivity (Wildman–Crippen MR) is 41.0 cm³/mol. The zero-order valence-electron chi connectivity index (χ0n) is 5.82. The largest absolute Gasteiger partial charge is 0.330 e. The molecule has 1 heterocycles. The van der Waals surface area contributed by atoms with Gasteiger partial charge in [-0.25, -0.2) is 4.98 Å². The van der Waals surface area contributed by atoms with Gasteiger partial charge in [0.2, 0.25) is 0 Å². The van der Waals surface area contributed by atoms with Crippen LogP contribution in [0.15, 0.2) is 6.33 Å². The first kappa shape index (κ1) is 9.39. The van der Waals surface area contributed by atoms with Crippen molar-refractivity contribution in [3.63, 3.8) is 0 Å². The zero-order valence-corrected chi connectivity index (χ0v) is 6.64. The van der Waals surface area contributed by atoms with Crippen molar-refractivity contribution in [2.45, 2.75) is 6.42 Å². The molecule has 0 unspecified atom stereocenters. The van der Waals surface area contributed by atoms with E-state index >= 15 is 0 Å². The summed E-state index contributed by atoms with van der Waals surface area (Å²) in [6, 6.07) is 0. The zero-order chi connectivity index (χ0) is 6.69. The summed E-state index contributed by atoms with van der Waals surface area (Å²) in [6.07, 6.45) is 2.33. The predicted octanol–water partition coefficient (Wildman–Crippen LogP) is -0.262. The molecule has 4 nitrogen and oxygen atoms in total. The molecule has 0 fully saturated rings. The van der Waals surface area contributed by atoms with E-state index in [1.807, 2.05) is 7.05 Å². The molecule has 0 bridgehead atoms. The number of nitrogens with zero attached hydrogens (tertiary/aromatic N) is 3. The number of rotatable bonds is 2. The quantitative estimate of drug-likeness (QED) is 0.652. The van der Waals surface area contributed by atoms with Crippen LogP contribution in [0.25, 0.3) is 0 Å². The van der Waals surface area contributed by atoms with Gasteiger partial charge in [0.05, 0.1) is 0 Å². The van der Waals surface area contributed by atoms with E-state index in [1.165, 1.54) is 6.33 Å². The second kappa shape index (κ2) is 4.24. The fourth-order valence-corrected chi connectivity index (χ4v) is 0.676. The fourth-order valence-electron chi connectivity index (χ4n) is 0.676. The van der Waals surface area contributed by atoms with Crippen molar-refractivity contribution < 1.29 is 0 Å². The maximum absolute atomic E-state index is 5.31. The van der Waals surface area contributed by atoms with Crippen molar-refractivity contribution in [3.05, 3.63) is 12.2 Å². The highest BCUT2D eigenvalue weighted by Crippen LogP contribution is 1.88. The van der Waals surface area contributed by atoms with Crippen molar-refractivity contribution in [3.8, 4) is 0 Å². The molecule has 1 rings (SSSR count). The molecule has 0 atom stereocenters. The standard InChI is InChI=1S/C5H10N4.ClH/c1-9-5(2-3-6)7-4-8-9;/h4H,2-3,6H2,1H3;1H. The molecule has 0 aliphatic carbocycles. The topological polar surface area (TPSA) is 56.7 Å². The number of hydrogen-bond donors (Lipinski definition) is 1. The van der Waals surface area contributed by atoms with Crippen LogP contribution in [-0.2, 0) is 13.5 Å². The van der Waals surface area contributed by atoms with Gasteiger partial charge in [-0.15, -0.1) is 12.4 Å². The van der Waals surface area contributed by atoms with Gasteiger partial charge in [0, 0.05) is 13.5 Å². The molecule has 0 aliphatic heterocycles. The second-order valence-electron chi connectivity index (χ2n) is 1.84. The number of halogens is 1. The Bertz CT molecular complexity index is 186. The van der Waals surface area contributed by atoms with Gasteiger partial charge in [-0.2, -0.15) is 5.10 Å². The van der Waals surface area contributed by atoms with Crippen LogP contribution in [0.5, 0.6) is 0 Å². The Hall–Kier alpha value is -0.610. The van der Waals surface area contributed by atoms with E-state index in [0.29, 0.717) is 6.54 Å². The van der Waals surface area contributed by atoms with Crippen molar-refractivity contribution in [1.82, 2.24) is 14.8 Å². The Balaban J connectivity index is 0.000000810. The maximum atomic E-state index is 5.31. The van der Waals surface area contributed by atoms with E-state index in [-0.39, 0.29) is 12.4 Å². The summed E-state index contributed by atoms with van der Waals surface area (Å²) >= 11 is 0. The number of aromatic nitrogens is 3. The highest BCUT2D eigenvalue weighted by Gasteiger charge is 1.95. The highest BCUT2D eigenvalue weighted by atomic mass is 35.5. The molecule has 0 saturated carbocycles. The lowest BCUT2D eigenvalue weighted by molar-refractivity contribution is 0.696. The van der Waals surface area contributed by atoms with Crippen molar-refractivity contribution >= 4 is 12.4 Å². The van der Waals surface area contributed by atoms with Gasteiger partial charge in [-0.3, -0.25) is 4.68 Å². The summed E-state index contributed by atoms with van der Waals surface area (Å²) in [5.74, 6) is 0.942. The molecule has 0 aromatic carbocycles. The van der Waals surface area contributed by atoms with Gasteiger partial charge in [-0.05, 0) is 6.54 Å². The molecule has 2 N–H and O–H groups in total. The molecule has 0 amide bonds. The molecular weight excluding hydrogens is 152 g/mol. The van der Waals surface area contributed by atoms with Gasteiger partial charge < -0.3 is 5.73 Å². The van der Waals surface area contributed by atoms with Crippen LogP contribution in [-0.4, -0.2) is 21.3 Å². The Labute approximate surface area is 65.8 Å². The first-order chi connectivity index (χ1) is 4.34. The summed E-state index contributed by atoms with van der Waals surface area (Å²) in [5, 5.41) is 3.89. The first-order valence-electron chi connectivity index (χ1n) is 2.87. The molecule has 1 aromatic rings. The van der Waals surface area contributed by atoms with Crippen LogP contribution < -0.4 is 5.73 Å². The van der Waals surface area contributed by atoms with Crippen molar-refractivity contribution in [2.24, 2.45) is 12.8 Å². The Morgan fingerprint density at radius 2 is 2.40 bits per heavy atom. The molecular formula is C5H11ClN4. The van der Waals surface area contributed by atoms with E-state index in [2.05, 4.69) is 10.1 Å². The average Bonchev–Trinajstić information content (AvgIpc) is 2.18. The lowest BCUT2D eigenvalue weighted by atomic mass is 10.4. The van der Waals surface area contributed by atoms with Gasteiger partial charge in [0.1, 0.15) is 12.2 Å². The van der Waals surface area contributed by atoms with Gasteiger partial charge in [0.15, 0.2) is 0 Å². The molecule has 0 radical (unpaired) electrons. The van der Waals surface area contributed by atoms with Crippen molar-refractivity contribution in [1.29, 1.82) is 0 Å². The Morgan fingerprint density at radius 1 is 1.70 bits per heavy atom. The summed E-state index contributed by atoms with van der Waals surface area (Å²) in [4.78, 5) is 3.98. The molecule has 58 valence electrons. The summed E-state index contributed by atoms with van der Waals surface area (Å²) in [5.41, 5.74) is 5.31. The molecule has 0 aliphatic rings. The van der Waals surface area contributed by atoms with Crippen molar-refractivity contribution in [2.75, 3.05) is 6.54 Å². The van der Waals surface area contributed by atoms with E-state index in [0.717, 1.165) is 12.2 Å². The molecule has 0 spiro atoms. The lowest BCUT2D eigenvalue weighted by Gasteiger charge is -1.93. The van der Waals surface area contributed by atoms with E-state index in [4.69, 9.17) is 5.73 Å². The highest BCUT2D eigenvalue weighted by molar-refractivity contribution is 5.85. The Kier molecular flexibility index (Phi) is 3.99. The number of aryl methyl sites for hydroxylation is 1. The normalized spacial score (nSPS) is 9.00. The second-order valence-corrected chi connectivity index (χ2v) is 1.84. The van der Waals surface area contributed by atoms with Crippen LogP contribution in [0, 0.1) is 0 Å². The minimum Gasteiger partial charge on any atom is -0.330 e. The molecule has 0 saturated heterocycles. The van der Waals surface area contributed by atoms with Crippen LogP contribution in [0.3, 0.4) is 0 Å². The third kappa shape index (κ3) is 1.97. The van der Waals surface area contributed by atoms with E-state index in [1.54, 1.807) is 4.68 Å². The SMILES string of the molecule is Cl.Cn1ncnc1CCN. The number of hydrogen-bond acceptors (Lipinski definition) is 3. The fraction of sp³-hybridized carbons (Fsp3) is 0.600. The maximum Gasteiger partial charge on any atom is 0.138 e. The third-order valence-electron chi connectivity index (χ3n) is 1.17. The van der Waals surface area contributed by atoms with Crippen LogP contribution in [0.2, 0.25) is 0 Å². The minimum atomic E-state index is 0. The molecule has 1 aromatic heterocycles. The molecule has 10 heavy (non-hydrogen) atoms.